The highest BCUT2D eigenvalue weighted by atomic mass is 19.4. The summed E-state index contributed by atoms with van der Waals surface area (Å²) in [6, 6.07) is 5.69. The van der Waals surface area contributed by atoms with Gasteiger partial charge in [0.25, 0.3) is 0 Å². The summed E-state index contributed by atoms with van der Waals surface area (Å²) >= 11 is 0. The number of likely N-dealkylation sites (tertiary alicyclic amines) is 1. The summed E-state index contributed by atoms with van der Waals surface area (Å²) in [6.45, 7) is 3.15. The van der Waals surface area contributed by atoms with Gasteiger partial charge in [0.05, 0.1) is 11.2 Å². The van der Waals surface area contributed by atoms with Gasteiger partial charge in [-0.2, -0.15) is 13.2 Å². The van der Waals surface area contributed by atoms with Gasteiger partial charge in [-0.25, -0.2) is 0 Å². The lowest BCUT2D eigenvalue weighted by Gasteiger charge is -2.49. The Morgan fingerprint density at radius 1 is 1.19 bits per heavy atom. The van der Waals surface area contributed by atoms with Crippen molar-refractivity contribution >= 4 is 5.91 Å². The van der Waals surface area contributed by atoms with Gasteiger partial charge in [-0.15, -0.1) is 0 Å². The van der Waals surface area contributed by atoms with Gasteiger partial charge >= 0.3 is 6.18 Å². The average molecular weight is 451 g/mol. The quantitative estimate of drug-likeness (QED) is 0.661. The average Bonchev–Trinajstić information content (AvgIpc) is 3.15. The van der Waals surface area contributed by atoms with Gasteiger partial charge in [-0.05, 0) is 74.5 Å². The number of likely N-dealkylation sites (N-methyl/N-ethyl adjacent to an activating group) is 1. The van der Waals surface area contributed by atoms with Gasteiger partial charge in [0.1, 0.15) is 0 Å². The molecule has 5 atom stereocenters. The van der Waals surface area contributed by atoms with Crippen molar-refractivity contribution in [3.05, 3.63) is 35.4 Å². The Bertz CT molecular complexity index is 825. The molecule has 4 nitrogen and oxygen atoms in total. The van der Waals surface area contributed by atoms with Crippen molar-refractivity contribution in [1.29, 1.82) is 0 Å². The van der Waals surface area contributed by atoms with E-state index >= 15 is 0 Å². The molecule has 1 spiro atoms. The summed E-state index contributed by atoms with van der Waals surface area (Å²) in [7, 11) is 1.91. The first kappa shape index (κ1) is 22.2. The van der Waals surface area contributed by atoms with Crippen molar-refractivity contribution in [1.82, 2.24) is 9.80 Å². The van der Waals surface area contributed by atoms with Crippen LogP contribution >= 0.6 is 0 Å². The van der Waals surface area contributed by atoms with Gasteiger partial charge in [0, 0.05) is 45.2 Å². The number of fused-ring (bicyclic) bond motifs is 1. The number of nitrogens with zero attached hydrogens (tertiary/aromatic N) is 2. The topological polar surface area (TPSA) is 32.8 Å². The van der Waals surface area contributed by atoms with Crippen molar-refractivity contribution in [2.24, 2.45) is 11.8 Å². The van der Waals surface area contributed by atoms with E-state index in [1.807, 2.05) is 11.9 Å². The molecule has 1 aromatic carbocycles. The minimum atomic E-state index is -4.33. The number of rotatable bonds is 5. The molecule has 0 radical (unpaired) electrons. The van der Waals surface area contributed by atoms with Gasteiger partial charge in [0.2, 0.25) is 5.91 Å². The van der Waals surface area contributed by atoms with E-state index in [4.69, 9.17) is 4.74 Å². The number of ether oxygens (including phenoxy) is 1. The largest absolute Gasteiger partial charge is 0.416 e. The monoisotopic (exact) mass is 450 g/mol. The Hall–Kier alpha value is -1.60. The molecule has 0 N–H and O–H groups in total. The number of amides is 1. The van der Waals surface area contributed by atoms with Crippen LogP contribution in [0.5, 0.6) is 0 Å². The van der Waals surface area contributed by atoms with Crippen LogP contribution in [0.25, 0.3) is 0 Å². The molecule has 32 heavy (non-hydrogen) atoms. The van der Waals surface area contributed by atoms with Crippen LogP contribution in [-0.4, -0.2) is 60.1 Å². The molecule has 5 rings (SSSR count). The molecule has 2 aliphatic heterocycles. The van der Waals surface area contributed by atoms with Crippen LogP contribution in [0.4, 0.5) is 13.2 Å². The van der Waals surface area contributed by atoms with Crippen LogP contribution in [0.15, 0.2) is 24.3 Å². The molecule has 1 amide bonds. The summed E-state index contributed by atoms with van der Waals surface area (Å²) in [4.78, 5) is 17.6. The van der Waals surface area contributed by atoms with Gasteiger partial charge in [-0.1, -0.05) is 12.1 Å². The molecule has 1 aromatic rings. The minimum absolute atomic E-state index is 0.00192. The second kappa shape index (κ2) is 8.32. The van der Waals surface area contributed by atoms with E-state index in [9.17, 15) is 18.0 Å². The highest BCUT2D eigenvalue weighted by Gasteiger charge is 2.52. The summed E-state index contributed by atoms with van der Waals surface area (Å²) in [5.41, 5.74) is 0.109. The zero-order chi connectivity index (χ0) is 22.5. The van der Waals surface area contributed by atoms with E-state index in [2.05, 4.69) is 4.90 Å². The van der Waals surface area contributed by atoms with Crippen LogP contribution in [0.3, 0.4) is 0 Å². The Kier molecular flexibility index (Phi) is 5.77. The second-order valence-electron chi connectivity index (χ2n) is 10.4. The molecule has 2 saturated carbocycles. The number of carbonyl (C=O) groups excluding carboxylic acids is 1. The molecule has 0 aromatic heterocycles. The Morgan fingerprint density at radius 3 is 2.53 bits per heavy atom. The van der Waals surface area contributed by atoms with Crippen molar-refractivity contribution in [2.45, 2.75) is 75.2 Å². The van der Waals surface area contributed by atoms with Crippen LogP contribution in [0.1, 0.15) is 56.1 Å². The summed E-state index contributed by atoms with van der Waals surface area (Å²) < 4.78 is 44.5. The Balaban J connectivity index is 1.22. The highest BCUT2D eigenvalue weighted by Crippen LogP contribution is 2.49. The molecule has 4 fully saturated rings. The normalized spacial score (nSPS) is 34.6. The lowest BCUT2D eigenvalue weighted by atomic mass is 9.76. The summed E-state index contributed by atoms with van der Waals surface area (Å²) in [5, 5.41) is 0. The molecule has 5 unspecified atom stereocenters. The number of halogens is 3. The number of benzene rings is 1. The smallest absolute Gasteiger partial charge is 0.375 e. The van der Waals surface area contributed by atoms with E-state index in [-0.39, 0.29) is 17.6 Å². The third-order valence-electron chi connectivity index (χ3n) is 8.38. The van der Waals surface area contributed by atoms with E-state index < -0.39 is 11.7 Å². The van der Waals surface area contributed by atoms with Gasteiger partial charge in [0.15, 0.2) is 0 Å². The summed E-state index contributed by atoms with van der Waals surface area (Å²) in [6.07, 6.45) is 3.03. The van der Waals surface area contributed by atoms with Crippen molar-refractivity contribution in [3.63, 3.8) is 0 Å². The van der Waals surface area contributed by atoms with Crippen molar-refractivity contribution < 1.29 is 22.7 Å². The lowest BCUT2D eigenvalue weighted by molar-refractivity contribution is -0.138. The van der Waals surface area contributed by atoms with E-state index in [1.165, 1.54) is 18.6 Å². The molecule has 7 heteroatoms. The predicted octanol–water partition coefficient (Wildman–Crippen LogP) is 4.52. The molecular formula is C25H33F3N2O2. The number of piperidine rings is 1. The number of alkyl halides is 3. The summed E-state index contributed by atoms with van der Waals surface area (Å²) in [5.74, 6) is 1.77. The Labute approximate surface area is 188 Å². The van der Waals surface area contributed by atoms with Crippen LogP contribution in [0.2, 0.25) is 0 Å². The minimum Gasteiger partial charge on any atom is -0.375 e. The number of aryl methyl sites for hydroxylation is 1. The van der Waals surface area contributed by atoms with Gasteiger partial charge < -0.3 is 9.64 Å². The van der Waals surface area contributed by atoms with Gasteiger partial charge in [-0.3, -0.25) is 9.69 Å². The lowest BCUT2D eigenvalue weighted by Crippen LogP contribution is -2.58. The molecule has 0 bridgehead atoms. The fraction of sp³-hybridized carbons (Fsp3) is 0.720. The first-order valence-electron chi connectivity index (χ1n) is 12.0. The van der Waals surface area contributed by atoms with Crippen molar-refractivity contribution in [2.75, 3.05) is 26.7 Å². The zero-order valence-electron chi connectivity index (χ0n) is 18.7. The number of carbonyl (C=O) groups is 1. The highest BCUT2D eigenvalue weighted by molar-refractivity contribution is 5.76. The Morgan fingerprint density at radius 2 is 1.91 bits per heavy atom. The van der Waals surface area contributed by atoms with Crippen LogP contribution in [0, 0.1) is 11.8 Å². The molecule has 2 saturated heterocycles. The molecule has 2 aliphatic carbocycles. The fourth-order valence-corrected chi connectivity index (χ4v) is 6.34. The SMILES string of the molecule is CN(C(=O)CCc1ccc(C(F)(F)F)cc1)C1CCC2(CCCO2)CC1N1CC2CC2C1. The second-order valence-corrected chi connectivity index (χ2v) is 10.4. The maximum atomic E-state index is 13.1. The van der Waals surface area contributed by atoms with E-state index in [1.54, 1.807) is 0 Å². The molecule has 2 heterocycles. The maximum Gasteiger partial charge on any atom is 0.416 e. The fourth-order valence-electron chi connectivity index (χ4n) is 6.34. The van der Waals surface area contributed by atoms with Crippen molar-refractivity contribution in [3.8, 4) is 0 Å². The molecule has 4 aliphatic rings. The maximum absolute atomic E-state index is 13.1. The van der Waals surface area contributed by atoms with E-state index in [0.717, 1.165) is 81.3 Å². The van der Waals surface area contributed by atoms with E-state index in [0.29, 0.717) is 18.9 Å². The molecule has 176 valence electrons. The third-order valence-corrected chi connectivity index (χ3v) is 8.38. The van der Waals surface area contributed by atoms with Crippen LogP contribution < -0.4 is 0 Å². The standard InChI is InChI=1S/C25H33F3N2O2/c1-29(23(31)8-5-17-3-6-20(7-4-17)25(26,27)28)21-9-11-24(10-2-12-32-24)14-22(21)30-15-18-13-19(18)16-30/h3-4,6-7,18-19,21-22H,2,5,8-16H2,1H3. The van der Waals surface area contributed by atoms with Crippen LogP contribution in [-0.2, 0) is 22.1 Å². The first-order valence-corrected chi connectivity index (χ1v) is 12.0. The number of hydrogen-bond donors (Lipinski definition) is 0. The molecular weight excluding hydrogens is 417 g/mol. The predicted molar refractivity (Wildman–Crippen MR) is 115 cm³/mol. The first-order chi connectivity index (χ1) is 15.2. The zero-order valence-corrected chi connectivity index (χ0v) is 18.7. The number of hydrogen-bond acceptors (Lipinski definition) is 3. The third kappa shape index (κ3) is 4.43.